The molecule has 124 valence electrons. The molecule has 4 aliphatic carbocycles. The van der Waals surface area contributed by atoms with Crippen LogP contribution in [0.1, 0.15) is 71.6 Å². The zero-order valence-electron chi connectivity index (χ0n) is 14.3. The van der Waals surface area contributed by atoms with Crippen molar-refractivity contribution in [3.63, 3.8) is 0 Å². The Hall–Kier alpha value is -0.370. The van der Waals surface area contributed by atoms with Gasteiger partial charge in [-0.15, -0.1) is 0 Å². The van der Waals surface area contributed by atoms with Crippen LogP contribution in [0.15, 0.2) is 0 Å². The smallest absolute Gasteiger partial charge is 0.133 e. The molecule has 2 heteroatoms. The Morgan fingerprint density at radius 3 is 2.50 bits per heavy atom. The van der Waals surface area contributed by atoms with Gasteiger partial charge in [-0.2, -0.15) is 0 Å². The molecule has 4 fully saturated rings. The van der Waals surface area contributed by atoms with Crippen molar-refractivity contribution >= 4 is 5.78 Å². The number of hydrogen-bond acceptors (Lipinski definition) is 2. The third kappa shape index (κ3) is 2.12. The van der Waals surface area contributed by atoms with Gasteiger partial charge in [-0.25, -0.2) is 0 Å². The maximum atomic E-state index is 12.1. The molecule has 4 aliphatic rings. The predicted molar refractivity (Wildman–Crippen MR) is 87.3 cm³/mol. The van der Waals surface area contributed by atoms with Crippen LogP contribution in [0, 0.1) is 40.9 Å². The van der Waals surface area contributed by atoms with E-state index in [1.165, 1.54) is 38.5 Å². The highest BCUT2D eigenvalue weighted by molar-refractivity contribution is 5.79. The fraction of sp³-hybridized carbons (Fsp3) is 0.950. The molecule has 0 aromatic heterocycles. The molecule has 8 atom stereocenters. The van der Waals surface area contributed by atoms with E-state index in [1.54, 1.807) is 0 Å². The number of fused-ring (bicyclic) bond motifs is 5. The average molecular weight is 304 g/mol. The van der Waals surface area contributed by atoms with Crippen LogP contribution in [0.2, 0.25) is 0 Å². The molecular weight excluding hydrogens is 272 g/mol. The molecule has 2 nitrogen and oxygen atoms in total. The number of rotatable bonds is 1. The number of aliphatic hydroxyl groups is 1. The van der Waals surface area contributed by atoms with Crippen molar-refractivity contribution in [3.8, 4) is 0 Å². The molecule has 0 aromatic carbocycles. The maximum absolute atomic E-state index is 12.1. The average Bonchev–Trinajstić information content (AvgIpc) is 2.84. The molecule has 1 N–H and O–H groups in total. The molecule has 0 bridgehead atoms. The summed E-state index contributed by atoms with van der Waals surface area (Å²) in [7, 11) is 0. The summed E-state index contributed by atoms with van der Waals surface area (Å²) in [5, 5.41) is 9.99. The molecule has 0 spiro atoms. The summed E-state index contributed by atoms with van der Waals surface area (Å²) in [6, 6.07) is 0. The zero-order chi connectivity index (χ0) is 15.5. The maximum Gasteiger partial charge on any atom is 0.133 e. The molecule has 0 aliphatic heterocycles. The summed E-state index contributed by atoms with van der Waals surface area (Å²) in [6.07, 6.45) is 11.1. The molecule has 4 saturated carbocycles. The van der Waals surface area contributed by atoms with E-state index >= 15 is 0 Å². The first-order valence-corrected chi connectivity index (χ1v) is 9.69. The van der Waals surface area contributed by atoms with Gasteiger partial charge in [-0.1, -0.05) is 6.92 Å². The van der Waals surface area contributed by atoms with Crippen LogP contribution >= 0.6 is 0 Å². The Kier molecular flexibility index (Phi) is 3.67. The SMILES string of the molecule is CC(=O)[C@@H]1CCC2C3CC[C@H]4C[C@H](O)CC[C@H]4C3CC[C@]21C. The van der Waals surface area contributed by atoms with Gasteiger partial charge in [-0.05, 0) is 99.7 Å². The van der Waals surface area contributed by atoms with Crippen molar-refractivity contribution in [3.05, 3.63) is 0 Å². The van der Waals surface area contributed by atoms with Crippen molar-refractivity contribution < 1.29 is 9.90 Å². The number of hydrogen-bond donors (Lipinski definition) is 1. The van der Waals surface area contributed by atoms with E-state index < -0.39 is 0 Å². The lowest BCUT2D eigenvalue weighted by Crippen LogP contribution is -2.49. The van der Waals surface area contributed by atoms with E-state index in [9.17, 15) is 9.90 Å². The van der Waals surface area contributed by atoms with E-state index in [-0.39, 0.29) is 6.10 Å². The number of carbonyl (C=O) groups excluding carboxylic acids is 1. The Morgan fingerprint density at radius 1 is 0.955 bits per heavy atom. The van der Waals surface area contributed by atoms with E-state index in [2.05, 4.69) is 6.92 Å². The zero-order valence-corrected chi connectivity index (χ0v) is 14.3. The first-order chi connectivity index (χ1) is 10.5. The minimum atomic E-state index is -0.0276. The molecule has 0 saturated heterocycles. The molecule has 0 radical (unpaired) electrons. The standard InChI is InChI=1S/C20H32O2/c1-12(21)18-7-8-19-17-5-3-13-11-14(22)4-6-15(13)16(17)9-10-20(18,19)2/h13-19,22H,3-11H2,1-2H3/t13-,14+,15+,16?,17?,18-,19?,20-/m0/s1. The Balaban J connectivity index is 1.56. The van der Waals surface area contributed by atoms with Crippen molar-refractivity contribution in [2.75, 3.05) is 0 Å². The van der Waals surface area contributed by atoms with Crippen LogP contribution in [-0.2, 0) is 4.79 Å². The Bertz CT molecular complexity index is 459. The molecular formula is C20H32O2. The Labute approximate surface area is 135 Å². The summed E-state index contributed by atoms with van der Waals surface area (Å²) >= 11 is 0. The predicted octanol–water partition coefficient (Wildman–Crippen LogP) is 4.21. The Morgan fingerprint density at radius 2 is 1.73 bits per heavy atom. The second kappa shape index (κ2) is 5.33. The van der Waals surface area contributed by atoms with E-state index in [4.69, 9.17) is 0 Å². The van der Waals surface area contributed by atoms with E-state index in [1.807, 2.05) is 6.92 Å². The van der Waals surface area contributed by atoms with Crippen LogP contribution in [0.5, 0.6) is 0 Å². The minimum Gasteiger partial charge on any atom is -0.393 e. The first kappa shape index (κ1) is 15.2. The highest BCUT2D eigenvalue weighted by Crippen LogP contribution is 2.64. The summed E-state index contributed by atoms with van der Waals surface area (Å²) in [6.45, 7) is 4.26. The fourth-order valence-corrected chi connectivity index (χ4v) is 7.50. The second-order valence-corrected chi connectivity index (χ2v) is 9.19. The topological polar surface area (TPSA) is 37.3 Å². The highest BCUT2D eigenvalue weighted by Gasteiger charge is 2.57. The molecule has 22 heavy (non-hydrogen) atoms. The van der Waals surface area contributed by atoms with Gasteiger partial charge in [0.2, 0.25) is 0 Å². The monoisotopic (exact) mass is 304 g/mol. The molecule has 0 heterocycles. The second-order valence-electron chi connectivity index (χ2n) is 9.19. The summed E-state index contributed by atoms with van der Waals surface area (Å²) in [4.78, 5) is 12.1. The fourth-order valence-electron chi connectivity index (χ4n) is 7.50. The quantitative estimate of drug-likeness (QED) is 0.788. The number of ketones is 1. The van der Waals surface area contributed by atoms with E-state index in [0.29, 0.717) is 17.1 Å². The van der Waals surface area contributed by atoms with Gasteiger partial charge in [0.05, 0.1) is 6.10 Å². The molecule has 0 amide bonds. The van der Waals surface area contributed by atoms with Gasteiger partial charge in [0.15, 0.2) is 0 Å². The minimum absolute atomic E-state index is 0.0276. The van der Waals surface area contributed by atoms with Crippen LogP contribution in [0.25, 0.3) is 0 Å². The largest absolute Gasteiger partial charge is 0.393 e. The van der Waals surface area contributed by atoms with Crippen molar-refractivity contribution in [2.45, 2.75) is 77.7 Å². The van der Waals surface area contributed by atoms with Gasteiger partial charge < -0.3 is 5.11 Å². The van der Waals surface area contributed by atoms with Gasteiger partial charge in [0.25, 0.3) is 0 Å². The van der Waals surface area contributed by atoms with Crippen LogP contribution in [0.4, 0.5) is 0 Å². The van der Waals surface area contributed by atoms with Crippen LogP contribution in [-0.4, -0.2) is 17.0 Å². The van der Waals surface area contributed by atoms with Crippen molar-refractivity contribution in [1.29, 1.82) is 0 Å². The van der Waals surface area contributed by atoms with Gasteiger partial charge in [0.1, 0.15) is 5.78 Å². The number of carbonyl (C=O) groups is 1. The van der Waals surface area contributed by atoms with E-state index in [0.717, 1.165) is 48.9 Å². The summed E-state index contributed by atoms with van der Waals surface area (Å²) in [5.74, 6) is 5.02. The summed E-state index contributed by atoms with van der Waals surface area (Å²) in [5.41, 5.74) is 0.300. The van der Waals surface area contributed by atoms with Crippen LogP contribution in [0.3, 0.4) is 0 Å². The van der Waals surface area contributed by atoms with Gasteiger partial charge in [-0.3, -0.25) is 4.79 Å². The van der Waals surface area contributed by atoms with Crippen LogP contribution < -0.4 is 0 Å². The highest BCUT2D eigenvalue weighted by atomic mass is 16.3. The third-order valence-corrected chi connectivity index (χ3v) is 8.42. The first-order valence-electron chi connectivity index (χ1n) is 9.69. The number of aliphatic hydroxyl groups excluding tert-OH is 1. The van der Waals surface area contributed by atoms with Gasteiger partial charge >= 0.3 is 0 Å². The lowest BCUT2D eigenvalue weighted by atomic mass is 9.49. The molecule has 0 aromatic rings. The van der Waals surface area contributed by atoms with Crippen molar-refractivity contribution in [2.24, 2.45) is 40.9 Å². The normalized spacial score (nSPS) is 54.2. The third-order valence-electron chi connectivity index (χ3n) is 8.42. The molecule has 4 rings (SSSR count). The lowest BCUT2D eigenvalue weighted by molar-refractivity contribution is -0.128. The summed E-state index contributed by atoms with van der Waals surface area (Å²) < 4.78 is 0. The van der Waals surface area contributed by atoms with Crippen molar-refractivity contribution in [1.82, 2.24) is 0 Å². The van der Waals surface area contributed by atoms with Gasteiger partial charge in [0, 0.05) is 5.92 Å². The number of Topliss-reactive ketones (excluding diaryl/α,β-unsaturated/α-hetero) is 1. The lowest BCUT2D eigenvalue weighted by Gasteiger charge is -2.56. The molecule has 3 unspecified atom stereocenters.